The number of amides is 2. The van der Waals surface area contributed by atoms with E-state index >= 15 is 0 Å². The third kappa shape index (κ3) is 5.37. The Morgan fingerprint density at radius 1 is 0.893 bits per heavy atom. The number of ether oxygens (including phenoxy) is 4. The summed E-state index contributed by atoms with van der Waals surface area (Å²) in [6.07, 6.45) is -0.428. The standard InChI is InChI=1S/C20H24N2O6/c1-25-14-7-5-6-13(10-14)18(28-4)12-21-19(23)20(24)22-16-9-8-15(26-2)11-17(16)27-3/h5-11,18H,12H2,1-4H3,(H,21,23)(H,22,24)/t18-/m1/s1. The first-order valence-corrected chi connectivity index (χ1v) is 8.50. The van der Waals surface area contributed by atoms with Gasteiger partial charge >= 0.3 is 11.8 Å². The molecule has 0 spiro atoms. The molecule has 8 nitrogen and oxygen atoms in total. The lowest BCUT2D eigenvalue weighted by Crippen LogP contribution is -2.38. The van der Waals surface area contributed by atoms with Gasteiger partial charge in [-0.05, 0) is 29.8 Å². The molecule has 150 valence electrons. The lowest BCUT2D eigenvalue weighted by molar-refractivity contribution is -0.136. The molecule has 0 saturated carbocycles. The summed E-state index contributed by atoms with van der Waals surface area (Å²) in [4.78, 5) is 24.4. The normalized spacial score (nSPS) is 11.3. The van der Waals surface area contributed by atoms with Crippen LogP contribution in [0.15, 0.2) is 42.5 Å². The summed E-state index contributed by atoms with van der Waals surface area (Å²) in [7, 11) is 6.08. The maximum absolute atomic E-state index is 12.2. The molecule has 0 fully saturated rings. The summed E-state index contributed by atoms with van der Waals surface area (Å²) in [5.41, 5.74) is 1.18. The van der Waals surface area contributed by atoms with Gasteiger partial charge in [0.25, 0.3) is 0 Å². The second kappa shape index (κ2) is 10.2. The van der Waals surface area contributed by atoms with E-state index in [1.54, 1.807) is 25.3 Å². The van der Waals surface area contributed by atoms with E-state index in [4.69, 9.17) is 18.9 Å². The average Bonchev–Trinajstić information content (AvgIpc) is 2.74. The van der Waals surface area contributed by atoms with Gasteiger partial charge in [-0.1, -0.05) is 12.1 Å². The van der Waals surface area contributed by atoms with Gasteiger partial charge in [-0.25, -0.2) is 0 Å². The fourth-order valence-electron chi connectivity index (χ4n) is 2.53. The number of carbonyl (C=O) groups excluding carboxylic acids is 2. The van der Waals surface area contributed by atoms with Gasteiger partial charge in [-0.15, -0.1) is 0 Å². The number of methoxy groups -OCH3 is 4. The predicted molar refractivity (Wildman–Crippen MR) is 104 cm³/mol. The molecule has 2 aromatic carbocycles. The highest BCUT2D eigenvalue weighted by molar-refractivity contribution is 6.39. The molecule has 0 aliphatic rings. The number of carbonyl (C=O) groups is 2. The van der Waals surface area contributed by atoms with E-state index in [-0.39, 0.29) is 6.54 Å². The van der Waals surface area contributed by atoms with Crippen LogP contribution in [0, 0.1) is 0 Å². The zero-order valence-corrected chi connectivity index (χ0v) is 16.3. The van der Waals surface area contributed by atoms with E-state index in [9.17, 15) is 9.59 Å². The molecule has 2 N–H and O–H groups in total. The van der Waals surface area contributed by atoms with E-state index in [2.05, 4.69) is 10.6 Å². The quantitative estimate of drug-likeness (QED) is 0.673. The van der Waals surface area contributed by atoms with Crippen LogP contribution in [0.4, 0.5) is 5.69 Å². The van der Waals surface area contributed by atoms with E-state index in [1.165, 1.54) is 21.3 Å². The Kier molecular flexibility index (Phi) is 7.65. The Balaban J connectivity index is 1.99. The highest BCUT2D eigenvalue weighted by atomic mass is 16.5. The Morgan fingerprint density at radius 2 is 1.61 bits per heavy atom. The molecule has 1 atom stereocenters. The summed E-state index contributed by atoms with van der Waals surface area (Å²) in [5.74, 6) is 0.0224. The first-order valence-electron chi connectivity index (χ1n) is 8.50. The van der Waals surface area contributed by atoms with Crippen molar-refractivity contribution in [3.05, 3.63) is 48.0 Å². The molecule has 2 aromatic rings. The van der Waals surface area contributed by atoms with Crippen molar-refractivity contribution >= 4 is 17.5 Å². The van der Waals surface area contributed by atoms with E-state index in [0.717, 1.165) is 5.56 Å². The van der Waals surface area contributed by atoms with Crippen LogP contribution >= 0.6 is 0 Å². The van der Waals surface area contributed by atoms with E-state index in [0.29, 0.717) is 22.9 Å². The van der Waals surface area contributed by atoms with Crippen LogP contribution in [0.1, 0.15) is 11.7 Å². The molecule has 0 radical (unpaired) electrons. The van der Waals surface area contributed by atoms with Gasteiger partial charge in [-0.3, -0.25) is 9.59 Å². The molecule has 0 bridgehead atoms. The number of rotatable bonds is 8. The van der Waals surface area contributed by atoms with E-state index in [1.807, 2.05) is 24.3 Å². The van der Waals surface area contributed by atoms with Crippen LogP contribution in [0.2, 0.25) is 0 Å². The number of hydrogen-bond donors (Lipinski definition) is 2. The van der Waals surface area contributed by atoms with Gasteiger partial charge in [0.15, 0.2) is 0 Å². The molecule has 0 unspecified atom stereocenters. The minimum Gasteiger partial charge on any atom is -0.497 e. The second-order valence-electron chi connectivity index (χ2n) is 5.73. The highest BCUT2D eigenvalue weighted by Crippen LogP contribution is 2.29. The van der Waals surface area contributed by atoms with Gasteiger partial charge in [0, 0.05) is 19.7 Å². The van der Waals surface area contributed by atoms with E-state index < -0.39 is 17.9 Å². The second-order valence-corrected chi connectivity index (χ2v) is 5.73. The van der Waals surface area contributed by atoms with Crippen molar-refractivity contribution in [1.29, 1.82) is 0 Å². The van der Waals surface area contributed by atoms with Gasteiger partial charge in [0.05, 0.1) is 33.1 Å². The van der Waals surface area contributed by atoms with Crippen molar-refractivity contribution in [3.63, 3.8) is 0 Å². The minimum atomic E-state index is -0.816. The Morgan fingerprint density at radius 3 is 2.25 bits per heavy atom. The SMILES string of the molecule is COc1cccc([C@@H](CNC(=O)C(=O)Nc2ccc(OC)cc2OC)OC)c1. The van der Waals surface area contributed by atoms with Crippen molar-refractivity contribution in [2.75, 3.05) is 40.3 Å². The van der Waals surface area contributed by atoms with Gasteiger partial charge in [0.1, 0.15) is 17.2 Å². The molecular weight excluding hydrogens is 364 g/mol. The van der Waals surface area contributed by atoms with Crippen LogP contribution in [0.5, 0.6) is 17.2 Å². The van der Waals surface area contributed by atoms with Crippen LogP contribution in [0.3, 0.4) is 0 Å². The predicted octanol–water partition coefficient (Wildman–Crippen LogP) is 2.15. The summed E-state index contributed by atoms with van der Waals surface area (Å²) >= 11 is 0. The summed E-state index contributed by atoms with van der Waals surface area (Å²) < 4.78 is 20.9. The topological polar surface area (TPSA) is 95.1 Å². The number of anilines is 1. The van der Waals surface area contributed by atoms with Crippen LogP contribution in [-0.4, -0.2) is 46.8 Å². The Hall–Kier alpha value is -3.26. The molecule has 8 heteroatoms. The maximum atomic E-state index is 12.2. The van der Waals surface area contributed by atoms with Crippen LogP contribution in [0.25, 0.3) is 0 Å². The monoisotopic (exact) mass is 388 g/mol. The first kappa shape index (κ1) is 21.0. The van der Waals surface area contributed by atoms with Crippen molar-refractivity contribution in [2.24, 2.45) is 0 Å². The molecule has 0 aliphatic carbocycles. The molecular formula is C20H24N2O6. The van der Waals surface area contributed by atoms with Gasteiger partial charge in [-0.2, -0.15) is 0 Å². The molecule has 0 aromatic heterocycles. The van der Waals surface area contributed by atoms with Crippen molar-refractivity contribution in [1.82, 2.24) is 5.32 Å². The van der Waals surface area contributed by atoms with Crippen LogP contribution in [-0.2, 0) is 14.3 Å². The minimum absolute atomic E-state index is 0.121. The number of benzene rings is 2. The molecule has 0 saturated heterocycles. The number of hydrogen-bond acceptors (Lipinski definition) is 6. The van der Waals surface area contributed by atoms with Gasteiger partial charge < -0.3 is 29.6 Å². The molecule has 2 amide bonds. The van der Waals surface area contributed by atoms with Crippen molar-refractivity contribution < 1.29 is 28.5 Å². The van der Waals surface area contributed by atoms with Crippen molar-refractivity contribution in [3.8, 4) is 17.2 Å². The van der Waals surface area contributed by atoms with Crippen molar-refractivity contribution in [2.45, 2.75) is 6.10 Å². The maximum Gasteiger partial charge on any atom is 0.313 e. The highest BCUT2D eigenvalue weighted by Gasteiger charge is 2.19. The summed E-state index contributed by atoms with van der Waals surface area (Å²) in [5, 5.41) is 5.09. The molecule has 0 heterocycles. The summed E-state index contributed by atoms with van der Waals surface area (Å²) in [6, 6.07) is 12.1. The summed E-state index contributed by atoms with van der Waals surface area (Å²) in [6.45, 7) is 0.121. The Bertz CT molecular complexity index is 824. The van der Waals surface area contributed by atoms with Crippen LogP contribution < -0.4 is 24.8 Å². The average molecular weight is 388 g/mol. The van der Waals surface area contributed by atoms with Gasteiger partial charge in [0.2, 0.25) is 0 Å². The molecule has 2 rings (SSSR count). The third-order valence-corrected chi connectivity index (χ3v) is 4.06. The first-order chi connectivity index (χ1) is 13.5. The molecule has 28 heavy (non-hydrogen) atoms. The Labute approximate surface area is 163 Å². The lowest BCUT2D eigenvalue weighted by atomic mass is 10.1. The fraction of sp³-hybridized carbons (Fsp3) is 0.300. The third-order valence-electron chi connectivity index (χ3n) is 4.06. The smallest absolute Gasteiger partial charge is 0.313 e. The lowest BCUT2D eigenvalue weighted by Gasteiger charge is -2.17. The fourth-order valence-corrected chi connectivity index (χ4v) is 2.53. The largest absolute Gasteiger partial charge is 0.497 e. The number of nitrogens with one attached hydrogen (secondary N) is 2. The zero-order valence-electron chi connectivity index (χ0n) is 16.3. The zero-order chi connectivity index (χ0) is 20.5. The molecule has 0 aliphatic heterocycles.